The molecule has 146 valence electrons. The van der Waals surface area contributed by atoms with Gasteiger partial charge in [-0.25, -0.2) is 4.79 Å². The highest BCUT2D eigenvalue weighted by Crippen LogP contribution is 2.25. The molecule has 0 spiro atoms. The third-order valence-electron chi connectivity index (χ3n) is 3.77. The number of carboxylic acids is 1. The summed E-state index contributed by atoms with van der Waals surface area (Å²) in [5.41, 5.74) is 2.34. The van der Waals surface area contributed by atoms with E-state index in [1.807, 2.05) is 38.1 Å². The van der Waals surface area contributed by atoms with Gasteiger partial charge in [0.25, 0.3) is 0 Å². The van der Waals surface area contributed by atoms with E-state index < -0.39 is 11.9 Å². The monoisotopic (exact) mass is 398 g/mol. The van der Waals surface area contributed by atoms with E-state index in [1.54, 1.807) is 24.3 Å². The molecule has 0 aliphatic carbocycles. The fourth-order valence-electron chi connectivity index (χ4n) is 2.28. The van der Waals surface area contributed by atoms with Gasteiger partial charge < -0.3 is 15.7 Å². The van der Waals surface area contributed by atoms with Crippen molar-refractivity contribution in [3.8, 4) is 0 Å². The van der Waals surface area contributed by atoms with E-state index >= 15 is 0 Å². The number of rotatable bonds is 7. The first kappa shape index (κ1) is 21.2. The molecule has 0 aliphatic rings. The molecule has 28 heavy (non-hydrogen) atoms. The average Bonchev–Trinajstić information content (AvgIpc) is 2.63. The summed E-state index contributed by atoms with van der Waals surface area (Å²) < 4.78 is 0. The zero-order valence-corrected chi connectivity index (χ0v) is 16.7. The first-order valence-electron chi connectivity index (χ1n) is 8.61. The summed E-state index contributed by atoms with van der Waals surface area (Å²) in [7, 11) is 0. The highest BCUT2D eigenvalue weighted by atomic mass is 32.2. The first-order chi connectivity index (χ1) is 13.2. The Bertz CT molecular complexity index is 907. The molecule has 2 rings (SSSR count). The molecule has 0 heterocycles. The van der Waals surface area contributed by atoms with Crippen LogP contribution < -0.4 is 10.6 Å². The number of hydrogen-bond acceptors (Lipinski definition) is 4. The number of carbonyl (C=O) groups excluding carboxylic acids is 2. The molecule has 0 bridgehead atoms. The lowest BCUT2D eigenvalue weighted by Crippen LogP contribution is -2.22. The zero-order chi connectivity index (χ0) is 20.7. The Hall–Kier alpha value is -3.06. The van der Waals surface area contributed by atoms with Crippen LogP contribution in [0.5, 0.6) is 0 Å². The van der Waals surface area contributed by atoms with Crippen LogP contribution in [0, 0.1) is 6.92 Å². The molecule has 2 aromatic carbocycles. The predicted molar refractivity (Wildman–Crippen MR) is 112 cm³/mol. The van der Waals surface area contributed by atoms with Gasteiger partial charge in [-0.15, -0.1) is 11.8 Å². The van der Waals surface area contributed by atoms with E-state index in [1.165, 1.54) is 18.7 Å². The first-order valence-corrected chi connectivity index (χ1v) is 9.49. The number of carbonyl (C=O) groups is 3. The fourth-order valence-corrected chi connectivity index (χ4v) is 3.15. The Labute approximate surface area is 168 Å². The van der Waals surface area contributed by atoms with Crippen LogP contribution in [0.3, 0.4) is 0 Å². The van der Waals surface area contributed by atoms with Crippen LogP contribution in [-0.2, 0) is 14.4 Å². The molecule has 0 aliphatic heterocycles. The number of amides is 2. The van der Waals surface area contributed by atoms with Gasteiger partial charge in [-0.3, -0.25) is 9.59 Å². The molecule has 3 N–H and O–H groups in total. The van der Waals surface area contributed by atoms with Gasteiger partial charge in [-0.05, 0) is 62.7 Å². The maximum Gasteiger partial charge on any atom is 0.331 e. The number of aryl methyl sites for hydroxylation is 1. The largest absolute Gasteiger partial charge is 0.478 e. The van der Waals surface area contributed by atoms with E-state index in [2.05, 4.69) is 10.6 Å². The second-order valence-corrected chi connectivity index (χ2v) is 7.68. The van der Waals surface area contributed by atoms with Crippen molar-refractivity contribution < 1.29 is 19.5 Å². The van der Waals surface area contributed by atoms with Crippen molar-refractivity contribution in [2.45, 2.75) is 30.9 Å². The van der Waals surface area contributed by atoms with E-state index in [0.29, 0.717) is 5.69 Å². The van der Waals surface area contributed by atoms with Crippen LogP contribution >= 0.6 is 11.8 Å². The molecule has 2 aromatic rings. The van der Waals surface area contributed by atoms with Gasteiger partial charge in [-0.1, -0.05) is 12.1 Å². The van der Waals surface area contributed by atoms with Crippen molar-refractivity contribution in [1.29, 1.82) is 0 Å². The number of hydrogen-bond donors (Lipinski definition) is 3. The number of nitrogens with one attached hydrogen (secondary N) is 2. The van der Waals surface area contributed by atoms with Crippen LogP contribution in [0.4, 0.5) is 11.4 Å². The van der Waals surface area contributed by atoms with Gasteiger partial charge in [0.05, 0.1) is 5.25 Å². The van der Waals surface area contributed by atoms with Gasteiger partial charge >= 0.3 is 5.97 Å². The number of benzene rings is 2. The van der Waals surface area contributed by atoms with Gasteiger partial charge in [0.15, 0.2) is 0 Å². The molecule has 0 aromatic heterocycles. The smallest absolute Gasteiger partial charge is 0.331 e. The molecule has 1 atom stereocenters. The van der Waals surface area contributed by atoms with Crippen molar-refractivity contribution in [2.24, 2.45) is 0 Å². The van der Waals surface area contributed by atoms with E-state index in [4.69, 9.17) is 5.11 Å². The highest BCUT2D eigenvalue weighted by Gasteiger charge is 2.15. The number of thioether (sulfide) groups is 1. The molecular formula is C21H22N2O4S. The summed E-state index contributed by atoms with van der Waals surface area (Å²) >= 11 is 1.40. The van der Waals surface area contributed by atoms with Gasteiger partial charge in [0.1, 0.15) is 0 Å². The Morgan fingerprint density at radius 1 is 1.04 bits per heavy atom. The zero-order valence-electron chi connectivity index (χ0n) is 15.9. The molecule has 2 amide bonds. The van der Waals surface area contributed by atoms with Crippen LogP contribution in [0.15, 0.2) is 65.1 Å². The summed E-state index contributed by atoms with van der Waals surface area (Å²) in [4.78, 5) is 35.7. The molecule has 0 radical (unpaired) electrons. The van der Waals surface area contributed by atoms with Crippen molar-refractivity contribution >= 4 is 40.9 Å². The third-order valence-corrected chi connectivity index (χ3v) is 4.89. The molecular weight excluding hydrogens is 376 g/mol. The maximum atomic E-state index is 12.4. The van der Waals surface area contributed by atoms with Gasteiger partial charge in [-0.2, -0.15) is 0 Å². The Kier molecular flexibility index (Phi) is 7.40. The SMILES string of the molecule is C/C(=C/C(=O)Nc1ccc(S[C@@H](C)C(=O)Nc2cccc(C)c2)cc1)C(=O)O. The highest BCUT2D eigenvalue weighted by molar-refractivity contribution is 8.00. The second kappa shape index (κ2) is 9.75. The topological polar surface area (TPSA) is 95.5 Å². The molecule has 0 saturated heterocycles. The summed E-state index contributed by atoms with van der Waals surface area (Å²) in [5, 5.41) is 14.0. The Morgan fingerprint density at radius 2 is 1.71 bits per heavy atom. The van der Waals surface area contributed by atoms with Crippen LogP contribution in [0.25, 0.3) is 0 Å². The minimum absolute atomic E-state index is 0.0434. The fraction of sp³-hybridized carbons (Fsp3) is 0.190. The van der Waals surface area contributed by atoms with E-state index in [9.17, 15) is 14.4 Å². The normalized spacial score (nSPS) is 12.2. The lowest BCUT2D eigenvalue weighted by Gasteiger charge is -2.13. The van der Waals surface area contributed by atoms with E-state index in [-0.39, 0.29) is 16.7 Å². The maximum absolute atomic E-state index is 12.4. The third kappa shape index (κ3) is 6.59. The van der Waals surface area contributed by atoms with Crippen LogP contribution in [-0.4, -0.2) is 28.1 Å². The predicted octanol–water partition coefficient (Wildman–Crippen LogP) is 4.08. The summed E-state index contributed by atoms with van der Waals surface area (Å²) in [6.45, 7) is 5.14. The van der Waals surface area contributed by atoms with Crippen molar-refractivity contribution in [3.05, 3.63) is 65.7 Å². The number of anilines is 2. The number of aliphatic carboxylic acids is 1. The Morgan fingerprint density at radius 3 is 2.32 bits per heavy atom. The van der Waals surface area contributed by atoms with Crippen molar-refractivity contribution in [3.63, 3.8) is 0 Å². The minimum Gasteiger partial charge on any atom is -0.478 e. The lowest BCUT2D eigenvalue weighted by atomic mass is 10.2. The molecule has 6 nitrogen and oxygen atoms in total. The Balaban J connectivity index is 1.92. The summed E-state index contributed by atoms with van der Waals surface area (Å²) in [6.07, 6.45) is 1.03. The second-order valence-electron chi connectivity index (χ2n) is 6.26. The molecule has 0 saturated carbocycles. The lowest BCUT2D eigenvalue weighted by molar-refractivity contribution is -0.132. The van der Waals surface area contributed by atoms with Crippen molar-refractivity contribution in [1.82, 2.24) is 0 Å². The molecule has 0 unspecified atom stereocenters. The number of carboxylic acid groups (broad SMARTS) is 1. The van der Waals surface area contributed by atoms with Crippen molar-refractivity contribution in [2.75, 3.05) is 10.6 Å². The summed E-state index contributed by atoms with van der Waals surface area (Å²) in [6, 6.07) is 14.6. The molecule has 7 heteroatoms. The van der Waals surface area contributed by atoms with E-state index in [0.717, 1.165) is 22.2 Å². The quantitative estimate of drug-likeness (QED) is 0.482. The van der Waals surface area contributed by atoms with Crippen LogP contribution in [0.1, 0.15) is 19.4 Å². The summed E-state index contributed by atoms with van der Waals surface area (Å²) in [5.74, 6) is -1.74. The molecule has 0 fully saturated rings. The average molecular weight is 398 g/mol. The van der Waals surface area contributed by atoms with Gasteiger partial charge in [0.2, 0.25) is 11.8 Å². The minimum atomic E-state index is -1.14. The standard InChI is InChI=1S/C21H22N2O4S/c1-13-5-4-6-17(11-13)23-20(25)15(3)28-18-9-7-16(8-10-18)22-19(24)12-14(2)21(26)27/h4-12,15H,1-3H3,(H,22,24)(H,23,25)(H,26,27)/b14-12-/t15-/m0/s1. The van der Waals surface area contributed by atoms with Crippen LogP contribution in [0.2, 0.25) is 0 Å². The van der Waals surface area contributed by atoms with Gasteiger partial charge in [0, 0.05) is 27.9 Å².